The topological polar surface area (TPSA) is 39.7 Å². The minimum absolute atomic E-state index is 0.651. The van der Waals surface area contributed by atoms with Gasteiger partial charge in [-0.2, -0.15) is 0 Å². The van der Waals surface area contributed by atoms with Gasteiger partial charge in [0.1, 0.15) is 0 Å². The Kier molecular flexibility index (Phi) is 6.15. The molecule has 1 aliphatic rings. The molecular formula is C16H25NO3. The van der Waals surface area contributed by atoms with E-state index >= 15 is 0 Å². The van der Waals surface area contributed by atoms with Gasteiger partial charge in [0, 0.05) is 19.8 Å². The average molecular weight is 279 g/mol. The molecule has 0 spiro atoms. The highest BCUT2D eigenvalue weighted by atomic mass is 16.5. The van der Waals surface area contributed by atoms with Crippen molar-refractivity contribution >= 4 is 0 Å². The summed E-state index contributed by atoms with van der Waals surface area (Å²) in [6.45, 7) is 6.35. The third-order valence-corrected chi connectivity index (χ3v) is 3.63. The number of hydrogen-bond donors (Lipinski definition) is 1. The third kappa shape index (κ3) is 4.39. The summed E-state index contributed by atoms with van der Waals surface area (Å²) in [5.41, 5.74) is 1.22. The van der Waals surface area contributed by atoms with Crippen LogP contribution >= 0.6 is 0 Å². The van der Waals surface area contributed by atoms with E-state index in [1.54, 1.807) is 7.11 Å². The Balaban J connectivity index is 1.82. The first-order chi connectivity index (χ1) is 9.83. The molecule has 0 bridgehead atoms. The number of benzene rings is 1. The zero-order valence-electron chi connectivity index (χ0n) is 12.5. The fourth-order valence-electron chi connectivity index (χ4n) is 2.47. The van der Waals surface area contributed by atoms with Crippen LogP contribution in [0.25, 0.3) is 0 Å². The van der Waals surface area contributed by atoms with Crippen LogP contribution in [0.2, 0.25) is 0 Å². The zero-order valence-corrected chi connectivity index (χ0v) is 12.5. The van der Waals surface area contributed by atoms with Gasteiger partial charge in [-0.25, -0.2) is 0 Å². The maximum atomic E-state index is 5.52. The van der Waals surface area contributed by atoms with Crippen LogP contribution in [0.3, 0.4) is 0 Å². The molecule has 20 heavy (non-hydrogen) atoms. The van der Waals surface area contributed by atoms with Gasteiger partial charge in [-0.15, -0.1) is 0 Å². The second-order valence-corrected chi connectivity index (χ2v) is 5.10. The van der Waals surface area contributed by atoms with Crippen molar-refractivity contribution in [3.63, 3.8) is 0 Å². The van der Waals surface area contributed by atoms with E-state index in [-0.39, 0.29) is 0 Å². The highest BCUT2D eigenvalue weighted by molar-refractivity contribution is 5.42. The van der Waals surface area contributed by atoms with Crippen LogP contribution in [-0.4, -0.2) is 33.5 Å². The molecular weight excluding hydrogens is 254 g/mol. The summed E-state index contributed by atoms with van der Waals surface area (Å²) in [6.07, 6.45) is 2.33. The number of nitrogens with one attached hydrogen (secondary N) is 1. The maximum absolute atomic E-state index is 5.52. The number of methoxy groups -OCH3 is 1. The number of hydrogen-bond acceptors (Lipinski definition) is 4. The SMILES string of the molecule is CCOc1ccc(CNCC2CCOCC2)cc1OC. The highest BCUT2D eigenvalue weighted by Gasteiger charge is 2.13. The summed E-state index contributed by atoms with van der Waals surface area (Å²) < 4.78 is 16.3. The van der Waals surface area contributed by atoms with Crippen LogP contribution in [0.4, 0.5) is 0 Å². The maximum Gasteiger partial charge on any atom is 0.161 e. The van der Waals surface area contributed by atoms with Gasteiger partial charge in [-0.1, -0.05) is 6.07 Å². The van der Waals surface area contributed by atoms with E-state index in [0.29, 0.717) is 6.61 Å². The van der Waals surface area contributed by atoms with E-state index in [1.807, 2.05) is 19.1 Å². The van der Waals surface area contributed by atoms with E-state index in [1.165, 1.54) is 18.4 Å². The van der Waals surface area contributed by atoms with Crippen LogP contribution in [-0.2, 0) is 11.3 Å². The first kappa shape index (κ1) is 15.1. The van der Waals surface area contributed by atoms with Crippen molar-refractivity contribution in [1.29, 1.82) is 0 Å². The molecule has 0 atom stereocenters. The fourth-order valence-corrected chi connectivity index (χ4v) is 2.47. The summed E-state index contributed by atoms with van der Waals surface area (Å²) >= 11 is 0. The van der Waals surface area contributed by atoms with E-state index in [9.17, 15) is 0 Å². The zero-order chi connectivity index (χ0) is 14.2. The predicted octanol–water partition coefficient (Wildman–Crippen LogP) is 2.61. The van der Waals surface area contributed by atoms with Gasteiger partial charge < -0.3 is 19.5 Å². The van der Waals surface area contributed by atoms with E-state index < -0.39 is 0 Å². The lowest BCUT2D eigenvalue weighted by Gasteiger charge is -2.22. The molecule has 1 aromatic carbocycles. The van der Waals surface area contributed by atoms with Crippen LogP contribution in [0.1, 0.15) is 25.3 Å². The number of rotatable bonds is 7. The lowest BCUT2D eigenvalue weighted by molar-refractivity contribution is 0.0662. The van der Waals surface area contributed by atoms with Gasteiger partial charge >= 0.3 is 0 Å². The molecule has 1 fully saturated rings. The smallest absolute Gasteiger partial charge is 0.161 e. The van der Waals surface area contributed by atoms with Crippen molar-refractivity contribution in [2.75, 3.05) is 33.5 Å². The van der Waals surface area contributed by atoms with E-state index in [4.69, 9.17) is 14.2 Å². The molecule has 4 nitrogen and oxygen atoms in total. The minimum Gasteiger partial charge on any atom is -0.493 e. The van der Waals surface area contributed by atoms with E-state index in [0.717, 1.165) is 43.7 Å². The molecule has 1 saturated heterocycles. The third-order valence-electron chi connectivity index (χ3n) is 3.63. The van der Waals surface area contributed by atoms with Gasteiger partial charge in [-0.05, 0) is 49.9 Å². The van der Waals surface area contributed by atoms with Crippen LogP contribution in [0, 0.1) is 5.92 Å². The van der Waals surface area contributed by atoms with Crippen molar-refractivity contribution in [3.8, 4) is 11.5 Å². The summed E-state index contributed by atoms with van der Waals surface area (Å²) in [5.74, 6) is 2.36. The molecule has 112 valence electrons. The van der Waals surface area contributed by atoms with Crippen molar-refractivity contribution in [2.24, 2.45) is 5.92 Å². The molecule has 1 heterocycles. The predicted molar refractivity (Wildman–Crippen MR) is 79.4 cm³/mol. The van der Waals surface area contributed by atoms with Crippen molar-refractivity contribution in [2.45, 2.75) is 26.3 Å². The van der Waals surface area contributed by atoms with Crippen LogP contribution in [0.5, 0.6) is 11.5 Å². The lowest BCUT2D eigenvalue weighted by atomic mass is 10.0. The van der Waals surface area contributed by atoms with Gasteiger partial charge in [0.15, 0.2) is 11.5 Å². The summed E-state index contributed by atoms with van der Waals surface area (Å²) in [6, 6.07) is 6.11. The second kappa shape index (κ2) is 8.12. The summed E-state index contributed by atoms with van der Waals surface area (Å²) in [4.78, 5) is 0. The van der Waals surface area contributed by atoms with E-state index in [2.05, 4.69) is 11.4 Å². The first-order valence-corrected chi connectivity index (χ1v) is 7.41. The summed E-state index contributed by atoms with van der Waals surface area (Å²) in [7, 11) is 1.68. The van der Waals surface area contributed by atoms with Crippen molar-refractivity contribution in [1.82, 2.24) is 5.32 Å². The average Bonchev–Trinajstić information content (AvgIpc) is 2.50. The Labute approximate surface area is 121 Å². The fraction of sp³-hybridized carbons (Fsp3) is 0.625. The van der Waals surface area contributed by atoms with Crippen LogP contribution in [0.15, 0.2) is 18.2 Å². The molecule has 0 unspecified atom stereocenters. The molecule has 0 saturated carbocycles. The monoisotopic (exact) mass is 279 g/mol. The van der Waals surface area contributed by atoms with Gasteiger partial charge in [0.25, 0.3) is 0 Å². The highest BCUT2D eigenvalue weighted by Crippen LogP contribution is 2.28. The molecule has 0 aliphatic carbocycles. The molecule has 2 rings (SSSR count). The Hall–Kier alpha value is -1.26. The standard InChI is InChI=1S/C16H25NO3/c1-3-20-15-5-4-14(10-16(15)18-2)12-17-11-13-6-8-19-9-7-13/h4-5,10,13,17H,3,6-9,11-12H2,1-2H3. The first-order valence-electron chi connectivity index (χ1n) is 7.41. The number of ether oxygens (including phenoxy) is 3. The second-order valence-electron chi connectivity index (χ2n) is 5.10. The summed E-state index contributed by atoms with van der Waals surface area (Å²) in [5, 5.41) is 3.52. The van der Waals surface area contributed by atoms with Crippen molar-refractivity contribution in [3.05, 3.63) is 23.8 Å². The lowest BCUT2D eigenvalue weighted by Crippen LogP contribution is -2.27. The molecule has 1 aromatic rings. The quantitative estimate of drug-likeness (QED) is 0.833. The van der Waals surface area contributed by atoms with Gasteiger partial charge in [0.2, 0.25) is 0 Å². The largest absolute Gasteiger partial charge is 0.493 e. The molecule has 4 heteroatoms. The molecule has 1 N–H and O–H groups in total. The molecule has 0 aromatic heterocycles. The van der Waals surface area contributed by atoms with Crippen molar-refractivity contribution < 1.29 is 14.2 Å². The molecule has 0 amide bonds. The Morgan fingerprint density at radius 3 is 2.75 bits per heavy atom. The Morgan fingerprint density at radius 1 is 1.25 bits per heavy atom. The minimum atomic E-state index is 0.651. The van der Waals surface area contributed by atoms with Crippen LogP contribution < -0.4 is 14.8 Å². The normalized spacial score (nSPS) is 16.1. The van der Waals surface area contributed by atoms with Gasteiger partial charge in [0.05, 0.1) is 13.7 Å². The Bertz CT molecular complexity index is 403. The molecule has 1 aliphatic heterocycles. The van der Waals surface area contributed by atoms with Gasteiger partial charge in [-0.3, -0.25) is 0 Å². The molecule has 0 radical (unpaired) electrons. The Morgan fingerprint density at radius 2 is 2.05 bits per heavy atom.